The van der Waals surface area contributed by atoms with Crippen molar-refractivity contribution in [2.75, 3.05) is 0 Å². The van der Waals surface area contributed by atoms with Crippen molar-refractivity contribution in [3.05, 3.63) is 27.2 Å². The number of hydrogen-bond acceptors (Lipinski definition) is 1. The molecule has 0 spiro atoms. The lowest BCUT2D eigenvalue weighted by Gasteiger charge is -2.18. The summed E-state index contributed by atoms with van der Waals surface area (Å²) < 4.78 is 17.0. The molecule has 0 amide bonds. The number of H-pyrrole nitrogens is 1. The highest BCUT2D eigenvalue weighted by Crippen LogP contribution is 2.38. The number of aromatic nitrogens is 2. The average Bonchev–Trinajstić information content (AvgIpc) is 2.83. The van der Waals surface area contributed by atoms with E-state index in [4.69, 9.17) is 12.2 Å². The Kier molecular flexibility index (Phi) is 3.06. The summed E-state index contributed by atoms with van der Waals surface area (Å²) in [5.74, 6) is 0.360. The summed E-state index contributed by atoms with van der Waals surface area (Å²) in [5, 5.41) is 0. The molecule has 2 aromatic rings. The molecule has 0 radical (unpaired) electrons. The van der Waals surface area contributed by atoms with Crippen LogP contribution in [0.2, 0.25) is 0 Å². The molecule has 2 nitrogen and oxygen atoms in total. The zero-order chi connectivity index (χ0) is 12.9. The first-order valence-corrected chi connectivity index (χ1v) is 7.37. The van der Waals surface area contributed by atoms with Gasteiger partial charge in [0.15, 0.2) is 4.77 Å². The number of rotatable bonds is 1. The highest BCUT2D eigenvalue weighted by Gasteiger charge is 2.27. The van der Waals surface area contributed by atoms with Crippen molar-refractivity contribution in [3.8, 4) is 0 Å². The third-order valence-electron chi connectivity index (χ3n) is 3.91. The molecule has 0 bridgehead atoms. The lowest BCUT2D eigenvalue weighted by Crippen LogP contribution is -2.11. The molecule has 3 rings (SSSR count). The minimum atomic E-state index is -0.240. The molecule has 5 heteroatoms. The van der Waals surface area contributed by atoms with Gasteiger partial charge in [-0.1, -0.05) is 13.3 Å². The molecule has 1 aliphatic rings. The van der Waals surface area contributed by atoms with Crippen LogP contribution in [0.5, 0.6) is 0 Å². The van der Waals surface area contributed by atoms with Crippen LogP contribution >= 0.6 is 28.1 Å². The standard InChI is InChI=1S/C13H14BrFN2S/c1-7-3-2-4-11(7)17-12-6-9(15)8(14)5-10(12)16-13(17)18/h5-7,11H,2-4H2,1H3,(H,16,18). The monoisotopic (exact) mass is 328 g/mol. The van der Waals surface area contributed by atoms with Crippen molar-refractivity contribution >= 4 is 39.2 Å². The zero-order valence-corrected chi connectivity index (χ0v) is 12.4. The van der Waals surface area contributed by atoms with Crippen molar-refractivity contribution in [1.82, 2.24) is 9.55 Å². The van der Waals surface area contributed by atoms with E-state index in [9.17, 15) is 4.39 Å². The molecular formula is C13H14BrFN2S. The van der Waals surface area contributed by atoms with E-state index in [1.165, 1.54) is 12.8 Å². The van der Waals surface area contributed by atoms with Crippen LogP contribution in [0, 0.1) is 16.5 Å². The molecule has 0 aliphatic heterocycles. The van der Waals surface area contributed by atoms with Gasteiger partial charge in [-0.3, -0.25) is 0 Å². The van der Waals surface area contributed by atoms with Crippen molar-refractivity contribution in [3.63, 3.8) is 0 Å². The SMILES string of the molecule is CC1CCCC1n1c(=S)[nH]c2cc(Br)c(F)cc21. The molecule has 2 atom stereocenters. The normalized spacial score (nSPS) is 23.9. The summed E-state index contributed by atoms with van der Waals surface area (Å²) in [5.41, 5.74) is 1.77. The number of aromatic amines is 1. The lowest BCUT2D eigenvalue weighted by atomic mass is 10.1. The Balaban J connectivity index is 2.25. The van der Waals surface area contributed by atoms with Crippen LogP contribution in [0.25, 0.3) is 11.0 Å². The maximum Gasteiger partial charge on any atom is 0.178 e. The van der Waals surface area contributed by atoms with E-state index < -0.39 is 0 Å². The van der Waals surface area contributed by atoms with E-state index in [1.807, 2.05) is 0 Å². The molecule has 1 N–H and O–H groups in total. The van der Waals surface area contributed by atoms with Crippen LogP contribution in [0.1, 0.15) is 32.2 Å². The van der Waals surface area contributed by atoms with Crippen molar-refractivity contribution in [1.29, 1.82) is 0 Å². The summed E-state index contributed by atoms with van der Waals surface area (Å²) in [6.07, 6.45) is 3.57. The third kappa shape index (κ3) is 1.84. The Hall–Kier alpha value is -0.680. The second-order valence-electron chi connectivity index (χ2n) is 5.06. The predicted molar refractivity (Wildman–Crippen MR) is 76.8 cm³/mol. The Bertz CT molecular complexity index is 661. The summed E-state index contributed by atoms with van der Waals surface area (Å²) in [6.45, 7) is 2.24. The Morgan fingerprint density at radius 2 is 2.22 bits per heavy atom. The maximum atomic E-state index is 13.7. The van der Waals surface area contributed by atoms with Crippen LogP contribution in [0.3, 0.4) is 0 Å². The van der Waals surface area contributed by atoms with E-state index in [0.29, 0.717) is 21.2 Å². The first kappa shape index (κ1) is 12.4. The minimum Gasteiger partial charge on any atom is -0.331 e. The van der Waals surface area contributed by atoms with Crippen molar-refractivity contribution < 1.29 is 4.39 Å². The summed E-state index contributed by atoms with van der Waals surface area (Å²) in [7, 11) is 0. The van der Waals surface area contributed by atoms with Crippen molar-refractivity contribution in [2.24, 2.45) is 5.92 Å². The Morgan fingerprint density at radius 1 is 1.44 bits per heavy atom. The topological polar surface area (TPSA) is 20.7 Å². The van der Waals surface area contributed by atoms with Crippen LogP contribution < -0.4 is 0 Å². The van der Waals surface area contributed by atoms with Gasteiger partial charge < -0.3 is 9.55 Å². The van der Waals surface area contributed by atoms with E-state index in [2.05, 4.69) is 32.4 Å². The molecule has 1 aromatic carbocycles. The number of halogens is 2. The third-order valence-corrected chi connectivity index (χ3v) is 4.81. The molecule has 1 aromatic heterocycles. The smallest absolute Gasteiger partial charge is 0.178 e. The molecule has 96 valence electrons. The molecule has 1 aliphatic carbocycles. The summed E-state index contributed by atoms with van der Waals surface area (Å²) >= 11 is 8.61. The second-order valence-corrected chi connectivity index (χ2v) is 6.30. The van der Waals surface area contributed by atoms with Gasteiger partial charge in [0.1, 0.15) is 5.82 Å². The van der Waals surface area contributed by atoms with E-state index in [-0.39, 0.29) is 5.82 Å². The molecule has 1 heterocycles. The van der Waals surface area contributed by atoms with Gasteiger partial charge in [0.05, 0.1) is 15.5 Å². The van der Waals surface area contributed by atoms with Crippen molar-refractivity contribution in [2.45, 2.75) is 32.2 Å². The van der Waals surface area contributed by atoms with Gasteiger partial charge in [0.2, 0.25) is 0 Å². The largest absolute Gasteiger partial charge is 0.331 e. The molecule has 1 saturated carbocycles. The van der Waals surface area contributed by atoms with Gasteiger partial charge in [-0.05, 0) is 53.0 Å². The molecular weight excluding hydrogens is 315 g/mol. The van der Waals surface area contributed by atoms with E-state index in [0.717, 1.165) is 17.5 Å². The van der Waals surface area contributed by atoms with Crippen LogP contribution in [0.4, 0.5) is 4.39 Å². The van der Waals surface area contributed by atoms with Crippen LogP contribution in [-0.2, 0) is 0 Å². The highest BCUT2D eigenvalue weighted by atomic mass is 79.9. The fourth-order valence-corrected chi connectivity index (χ4v) is 3.65. The Morgan fingerprint density at radius 3 is 2.89 bits per heavy atom. The fourth-order valence-electron chi connectivity index (χ4n) is 2.96. The van der Waals surface area contributed by atoms with E-state index in [1.54, 1.807) is 12.1 Å². The molecule has 2 unspecified atom stereocenters. The van der Waals surface area contributed by atoms with Gasteiger partial charge in [-0.25, -0.2) is 4.39 Å². The minimum absolute atomic E-state index is 0.240. The van der Waals surface area contributed by atoms with Gasteiger partial charge in [0.25, 0.3) is 0 Å². The van der Waals surface area contributed by atoms with Gasteiger partial charge >= 0.3 is 0 Å². The van der Waals surface area contributed by atoms with Crippen LogP contribution in [0.15, 0.2) is 16.6 Å². The second kappa shape index (κ2) is 4.46. The van der Waals surface area contributed by atoms with Gasteiger partial charge in [-0.2, -0.15) is 0 Å². The number of hydrogen-bond donors (Lipinski definition) is 1. The summed E-state index contributed by atoms with van der Waals surface area (Å²) in [4.78, 5) is 3.17. The van der Waals surface area contributed by atoms with Gasteiger partial charge in [0, 0.05) is 12.1 Å². The molecule has 1 fully saturated rings. The first-order valence-electron chi connectivity index (χ1n) is 6.17. The van der Waals surface area contributed by atoms with Gasteiger partial charge in [-0.15, -0.1) is 0 Å². The fraction of sp³-hybridized carbons (Fsp3) is 0.462. The number of nitrogens with one attached hydrogen (secondary N) is 1. The number of fused-ring (bicyclic) bond motifs is 1. The quantitative estimate of drug-likeness (QED) is 0.733. The highest BCUT2D eigenvalue weighted by molar-refractivity contribution is 9.10. The summed E-state index contributed by atoms with van der Waals surface area (Å²) in [6, 6.07) is 3.72. The Labute approximate surface area is 118 Å². The van der Waals surface area contributed by atoms with Crippen LogP contribution in [-0.4, -0.2) is 9.55 Å². The lowest BCUT2D eigenvalue weighted by molar-refractivity contribution is 0.412. The first-order chi connectivity index (χ1) is 8.58. The number of benzene rings is 1. The molecule has 0 saturated heterocycles. The average molecular weight is 329 g/mol. The number of imidazole rings is 1. The maximum absolute atomic E-state index is 13.7. The van der Waals surface area contributed by atoms with E-state index >= 15 is 0 Å². The predicted octanol–water partition coefficient (Wildman–Crippen LogP) is 4.96. The number of nitrogens with zero attached hydrogens (tertiary/aromatic N) is 1. The zero-order valence-electron chi connectivity index (χ0n) is 10.0. The molecule has 18 heavy (non-hydrogen) atoms.